The highest BCUT2D eigenvalue weighted by molar-refractivity contribution is 5.25. The summed E-state index contributed by atoms with van der Waals surface area (Å²) in [5, 5.41) is 0. The Morgan fingerprint density at radius 1 is 0.920 bits per heavy atom. The van der Waals surface area contributed by atoms with Gasteiger partial charge in [-0.15, -0.1) is 0 Å². The lowest BCUT2D eigenvalue weighted by atomic mass is 9.78. The van der Waals surface area contributed by atoms with Crippen LogP contribution in [0, 0.1) is 11.8 Å². The van der Waals surface area contributed by atoms with Crippen molar-refractivity contribution in [1.29, 1.82) is 0 Å². The van der Waals surface area contributed by atoms with Gasteiger partial charge in [-0.25, -0.2) is 0 Å². The van der Waals surface area contributed by atoms with Crippen molar-refractivity contribution in [3.05, 3.63) is 47.5 Å². The van der Waals surface area contributed by atoms with E-state index in [-0.39, 0.29) is 0 Å². The van der Waals surface area contributed by atoms with Crippen LogP contribution < -0.4 is 0 Å². The van der Waals surface area contributed by atoms with Gasteiger partial charge in [-0.3, -0.25) is 0 Å². The van der Waals surface area contributed by atoms with Crippen LogP contribution in [0.1, 0.15) is 75.8 Å². The standard InChI is InChI=1S/C22H31F3/c1-2-3-4-7-18-10-12-19(13-11-18)8-5-6-9-20-14-16-21(17-15-20)22(23,24)25/h5-6,14-19H,2-4,7-13H2,1H3/b6-5-. The van der Waals surface area contributed by atoms with Crippen LogP contribution in [0.15, 0.2) is 36.4 Å². The van der Waals surface area contributed by atoms with E-state index in [2.05, 4.69) is 19.1 Å². The molecular weight excluding hydrogens is 321 g/mol. The van der Waals surface area contributed by atoms with Gasteiger partial charge in [-0.05, 0) is 55.2 Å². The van der Waals surface area contributed by atoms with Crippen LogP contribution in [0.4, 0.5) is 13.2 Å². The molecule has 0 atom stereocenters. The van der Waals surface area contributed by atoms with Crippen molar-refractivity contribution >= 4 is 0 Å². The molecule has 0 N–H and O–H groups in total. The van der Waals surface area contributed by atoms with Crippen LogP contribution in [-0.2, 0) is 12.6 Å². The fourth-order valence-corrected chi connectivity index (χ4v) is 3.78. The first kappa shape index (κ1) is 20.1. The number of hydrogen-bond donors (Lipinski definition) is 0. The third kappa shape index (κ3) is 7.25. The van der Waals surface area contributed by atoms with Crippen LogP contribution in [0.2, 0.25) is 0 Å². The van der Waals surface area contributed by atoms with E-state index in [0.29, 0.717) is 6.42 Å². The number of benzene rings is 1. The molecule has 1 fully saturated rings. The second-order valence-electron chi connectivity index (χ2n) is 7.49. The highest BCUT2D eigenvalue weighted by Crippen LogP contribution is 2.34. The Kier molecular flexibility index (Phi) is 8.05. The van der Waals surface area contributed by atoms with Gasteiger partial charge >= 0.3 is 6.18 Å². The van der Waals surface area contributed by atoms with E-state index >= 15 is 0 Å². The Morgan fingerprint density at radius 2 is 1.56 bits per heavy atom. The van der Waals surface area contributed by atoms with Gasteiger partial charge in [0.25, 0.3) is 0 Å². The molecule has 0 bridgehead atoms. The van der Waals surface area contributed by atoms with Gasteiger partial charge in [0.15, 0.2) is 0 Å². The number of halogens is 3. The van der Waals surface area contributed by atoms with E-state index in [0.717, 1.165) is 23.8 Å². The predicted molar refractivity (Wildman–Crippen MR) is 98.5 cm³/mol. The molecule has 140 valence electrons. The van der Waals surface area contributed by atoms with Gasteiger partial charge < -0.3 is 0 Å². The molecule has 0 spiro atoms. The van der Waals surface area contributed by atoms with E-state index in [1.807, 2.05) is 0 Å². The first-order valence-electron chi connectivity index (χ1n) is 9.80. The van der Waals surface area contributed by atoms with Crippen molar-refractivity contribution in [2.45, 2.75) is 77.3 Å². The highest BCUT2D eigenvalue weighted by atomic mass is 19.4. The van der Waals surface area contributed by atoms with Gasteiger partial charge in [0.1, 0.15) is 0 Å². The molecule has 0 saturated heterocycles. The second-order valence-corrected chi connectivity index (χ2v) is 7.49. The van der Waals surface area contributed by atoms with E-state index in [1.165, 1.54) is 63.5 Å². The Morgan fingerprint density at radius 3 is 2.16 bits per heavy atom. The second kappa shape index (κ2) is 10.0. The zero-order valence-electron chi connectivity index (χ0n) is 15.3. The fraction of sp³-hybridized carbons (Fsp3) is 0.636. The summed E-state index contributed by atoms with van der Waals surface area (Å²) in [6.07, 6.45) is 12.8. The minimum absolute atomic E-state index is 0.573. The first-order chi connectivity index (χ1) is 12.0. The van der Waals surface area contributed by atoms with Crippen molar-refractivity contribution in [2.24, 2.45) is 11.8 Å². The van der Waals surface area contributed by atoms with Crippen molar-refractivity contribution in [2.75, 3.05) is 0 Å². The number of alkyl halides is 3. The fourth-order valence-electron chi connectivity index (χ4n) is 3.78. The molecule has 0 unspecified atom stereocenters. The zero-order valence-corrected chi connectivity index (χ0v) is 15.3. The van der Waals surface area contributed by atoms with Gasteiger partial charge in [0.05, 0.1) is 5.56 Å². The molecule has 25 heavy (non-hydrogen) atoms. The topological polar surface area (TPSA) is 0 Å². The summed E-state index contributed by atoms with van der Waals surface area (Å²) in [5.74, 6) is 1.74. The van der Waals surface area contributed by atoms with Crippen molar-refractivity contribution in [3.63, 3.8) is 0 Å². The molecule has 0 amide bonds. The maximum Gasteiger partial charge on any atom is 0.416 e. The first-order valence-corrected chi connectivity index (χ1v) is 9.80. The van der Waals surface area contributed by atoms with E-state index in [4.69, 9.17) is 0 Å². The van der Waals surface area contributed by atoms with Crippen LogP contribution >= 0.6 is 0 Å². The van der Waals surface area contributed by atoms with Gasteiger partial charge in [-0.1, -0.05) is 69.7 Å². The third-order valence-corrected chi connectivity index (χ3v) is 5.45. The average Bonchev–Trinajstić information content (AvgIpc) is 2.60. The quantitative estimate of drug-likeness (QED) is 0.334. The number of unbranched alkanes of at least 4 members (excludes halogenated alkanes) is 2. The molecule has 1 saturated carbocycles. The lowest BCUT2D eigenvalue weighted by molar-refractivity contribution is -0.137. The van der Waals surface area contributed by atoms with Crippen molar-refractivity contribution < 1.29 is 13.2 Å². The lowest BCUT2D eigenvalue weighted by Gasteiger charge is -2.27. The lowest BCUT2D eigenvalue weighted by Crippen LogP contribution is -2.14. The maximum absolute atomic E-state index is 12.5. The molecule has 0 aromatic heterocycles. The maximum atomic E-state index is 12.5. The van der Waals surface area contributed by atoms with Gasteiger partial charge in [0, 0.05) is 0 Å². The van der Waals surface area contributed by atoms with Gasteiger partial charge in [-0.2, -0.15) is 13.2 Å². The molecule has 0 aliphatic heterocycles. The van der Waals surface area contributed by atoms with Crippen LogP contribution in [0.3, 0.4) is 0 Å². The van der Waals surface area contributed by atoms with Crippen molar-refractivity contribution in [3.8, 4) is 0 Å². The van der Waals surface area contributed by atoms with Crippen LogP contribution in [0.25, 0.3) is 0 Å². The van der Waals surface area contributed by atoms with E-state index < -0.39 is 11.7 Å². The monoisotopic (exact) mass is 352 g/mol. The van der Waals surface area contributed by atoms with Crippen LogP contribution in [0.5, 0.6) is 0 Å². The molecule has 0 heterocycles. The number of hydrogen-bond acceptors (Lipinski definition) is 0. The third-order valence-electron chi connectivity index (χ3n) is 5.45. The Hall–Kier alpha value is -1.25. The zero-order chi connectivity index (χ0) is 18.1. The van der Waals surface area contributed by atoms with Gasteiger partial charge in [0.2, 0.25) is 0 Å². The van der Waals surface area contributed by atoms with E-state index in [1.54, 1.807) is 12.1 Å². The largest absolute Gasteiger partial charge is 0.416 e. The number of allylic oxidation sites excluding steroid dienone is 2. The molecule has 1 aromatic carbocycles. The molecule has 1 aliphatic carbocycles. The normalized spacial score (nSPS) is 21.8. The molecule has 0 nitrogen and oxygen atoms in total. The molecule has 2 rings (SSSR count). The Labute approximate surface area is 150 Å². The summed E-state index contributed by atoms with van der Waals surface area (Å²) in [6.45, 7) is 2.26. The average molecular weight is 352 g/mol. The minimum Gasteiger partial charge on any atom is -0.166 e. The molecule has 0 radical (unpaired) electrons. The Balaban J connectivity index is 1.65. The summed E-state index contributed by atoms with van der Waals surface area (Å²) in [5.41, 5.74) is 0.361. The molecule has 1 aliphatic rings. The summed E-state index contributed by atoms with van der Waals surface area (Å²) in [4.78, 5) is 0. The highest BCUT2D eigenvalue weighted by Gasteiger charge is 2.29. The van der Waals surface area contributed by atoms with Crippen LogP contribution in [-0.4, -0.2) is 0 Å². The molecule has 1 aromatic rings. The van der Waals surface area contributed by atoms with Crippen molar-refractivity contribution in [1.82, 2.24) is 0 Å². The predicted octanol–water partition coefficient (Wildman–Crippen LogP) is 7.58. The summed E-state index contributed by atoms with van der Waals surface area (Å²) >= 11 is 0. The molecule has 3 heteroatoms. The SMILES string of the molecule is CCCCCC1CCC(C/C=C\Cc2ccc(C(F)(F)F)cc2)CC1. The summed E-state index contributed by atoms with van der Waals surface area (Å²) in [6, 6.07) is 5.50. The summed E-state index contributed by atoms with van der Waals surface area (Å²) < 4.78 is 37.6. The Bertz CT molecular complexity index is 505. The van der Waals surface area contributed by atoms with E-state index in [9.17, 15) is 13.2 Å². The summed E-state index contributed by atoms with van der Waals surface area (Å²) in [7, 11) is 0. The smallest absolute Gasteiger partial charge is 0.166 e. The number of rotatable bonds is 8. The minimum atomic E-state index is -4.25. The molecular formula is C22H31F3.